The summed E-state index contributed by atoms with van der Waals surface area (Å²) >= 11 is 0. The molecule has 0 bridgehead atoms. The van der Waals surface area contributed by atoms with Crippen LogP contribution >= 0.6 is 0 Å². The van der Waals surface area contributed by atoms with Crippen LogP contribution < -0.4 is 0 Å². The van der Waals surface area contributed by atoms with Crippen LogP contribution in [0, 0.1) is 0 Å². The molecular formula is C120H83N23. The largest absolute Gasteiger partial charge is 0.308 e. The van der Waals surface area contributed by atoms with E-state index >= 15 is 0 Å². The lowest BCUT2D eigenvalue weighted by Gasteiger charge is -2.12. The van der Waals surface area contributed by atoms with Gasteiger partial charge < -0.3 is 9.13 Å². The van der Waals surface area contributed by atoms with Crippen LogP contribution in [0.5, 0.6) is 0 Å². The smallest absolute Gasteiger partial charge is 0.188 e. The van der Waals surface area contributed by atoms with E-state index in [1.807, 2.05) is 233 Å². The fourth-order valence-electron chi connectivity index (χ4n) is 18.8. The van der Waals surface area contributed by atoms with Gasteiger partial charge in [0.1, 0.15) is 29.0 Å². The van der Waals surface area contributed by atoms with Gasteiger partial charge in [-0.15, -0.1) is 40.8 Å². The predicted octanol–water partition coefficient (Wildman–Crippen LogP) is 26.4. The van der Waals surface area contributed by atoms with E-state index in [2.05, 4.69) is 321 Å². The standard InChI is InChI=1S/2C31H21N5.C30H20N6.C28H21N7/c1-3-11-22(12-4-1)30-33-34-31(23-13-5-2-6-14-23)35(30)24-19-20-29(32-21-24)36-27-17-9-7-15-25(27)26-16-8-10-18-28(26)36;1-3-11-22(12-4-1)30-33-34-31(23-13-5-2-6-14-23)36(30)29-20-19-24(21-32-29)35-27-17-9-7-15-25(27)26-16-8-10-18-28(26)35;1-2-8-21(9-3-1)29-33-34-30(22-16-18-31-19-17-22)35(29)23-14-15-28(32-20-23)36-26-12-6-4-10-24(26)25-11-5-7-13-27(25)36;1-2-8-22-17-20-9-3-4-12-25(20)34(22)23-13-14-26(31-19-23)35-27(21-10-7-15-29-18-21)32-33-28(35)24-11-5-6-16-30-24/h2*1-21H;1-20H;2-19H,1H3/b;;;8-2-. The first-order chi connectivity index (χ1) is 71.0. The maximum atomic E-state index is 4.93. The predicted molar refractivity (Wildman–Crippen MR) is 568 cm³/mol. The molecule has 12 aromatic carbocycles. The maximum Gasteiger partial charge on any atom is 0.188 e. The molecule has 0 spiro atoms. The highest BCUT2D eigenvalue weighted by atomic mass is 15.3. The van der Waals surface area contributed by atoms with Gasteiger partial charge >= 0.3 is 0 Å². The van der Waals surface area contributed by atoms with E-state index in [0.717, 1.165) is 158 Å². The topological polar surface area (TPSA) is 233 Å². The van der Waals surface area contributed by atoms with E-state index in [-0.39, 0.29) is 0 Å². The lowest BCUT2D eigenvalue weighted by atomic mass is 10.2. The SMILES string of the molecule is C/C=C\c1cc2ccccc2n1-c1ccc(-n2c(-c3cccnc3)nnc2-c2ccccn2)nc1.c1ccc(-c2nnc(-c3ccccc3)n2-c2ccc(-n3c4ccccc4c4ccccc43)cn2)cc1.c1ccc(-c2nnc(-c3ccccc3)n2-c2ccc(-n3c4ccccc4c4ccccc43)nc2)cc1.c1ccc(-c2nnc(-c3ccncc3)n2-c2ccc(-n3c4ccccc4c4ccccc43)nc2)cc1. The van der Waals surface area contributed by atoms with Crippen molar-refractivity contribution >= 4 is 82.4 Å². The molecule has 678 valence electrons. The van der Waals surface area contributed by atoms with Crippen molar-refractivity contribution in [3.63, 3.8) is 0 Å². The van der Waals surface area contributed by atoms with Gasteiger partial charge in [0.05, 0.1) is 86.2 Å². The molecule has 0 aliphatic heterocycles. The lowest BCUT2D eigenvalue weighted by Crippen LogP contribution is -2.05. The second kappa shape index (κ2) is 38.2. The van der Waals surface area contributed by atoms with Crippen LogP contribution in [0.2, 0.25) is 0 Å². The zero-order valence-corrected chi connectivity index (χ0v) is 77.0. The Morgan fingerprint density at radius 3 is 0.832 bits per heavy atom. The highest BCUT2D eigenvalue weighted by molar-refractivity contribution is 6.11. The molecule has 23 nitrogen and oxygen atoms in total. The van der Waals surface area contributed by atoms with Gasteiger partial charge in [0.2, 0.25) is 0 Å². The Morgan fingerprint density at radius 1 is 0.189 bits per heavy atom. The van der Waals surface area contributed by atoms with Crippen molar-refractivity contribution in [3.8, 4) is 137 Å². The molecule has 23 heteroatoms. The summed E-state index contributed by atoms with van der Waals surface area (Å²) in [6.45, 7) is 2.02. The fraction of sp³-hybridized carbons (Fsp3) is 0.00833. The maximum absolute atomic E-state index is 4.93. The zero-order valence-electron chi connectivity index (χ0n) is 77.0. The summed E-state index contributed by atoms with van der Waals surface area (Å²) in [7, 11) is 0. The first-order valence-electron chi connectivity index (χ1n) is 46.8. The van der Waals surface area contributed by atoms with Crippen molar-refractivity contribution in [1.82, 2.24) is 112 Å². The van der Waals surface area contributed by atoms with Gasteiger partial charge in [-0.25, -0.2) is 19.9 Å². The summed E-state index contributed by atoms with van der Waals surface area (Å²) in [6.07, 6.45) is 20.5. The summed E-state index contributed by atoms with van der Waals surface area (Å²) in [6, 6.07) is 142. The van der Waals surface area contributed by atoms with Crippen LogP contribution in [0.25, 0.3) is 220 Å². The molecule has 0 atom stereocenters. The fourth-order valence-corrected chi connectivity index (χ4v) is 18.8. The number of fused-ring (bicyclic) bond motifs is 10. The number of aromatic nitrogens is 23. The van der Waals surface area contributed by atoms with Gasteiger partial charge in [-0.1, -0.05) is 291 Å². The number of pyridine rings is 7. The van der Waals surface area contributed by atoms with Crippen LogP contribution in [0.15, 0.2) is 480 Å². The number of hydrogen-bond acceptors (Lipinski definition) is 15. The molecule has 0 amide bonds. The molecule has 0 fully saturated rings. The van der Waals surface area contributed by atoms with Crippen molar-refractivity contribution in [1.29, 1.82) is 0 Å². The molecule has 143 heavy (non-hydrogen) atoms. The second-order valence-electron chi connectivity index (χ2n) is 33.8. The summed E-state index contributed by atoms with van der Waals surface area (Å²) in [5, 5.41) is 44.8. The Labute approximate surface area is 819 Å². The van der Waals surface area contributed by atoms with Gasteiger partial charge in [-0.2, -0.15) is 0 Å². The second-order valence-corrected chi connectivity index (χ2v) is 33.8. The van der Waals surface area contributed by atoms with Gasteiger partial charge in [-0.05, 0) is 146 Å². The lowest BCUT2D eigenvalue weighted by molar-refractivity contribution is 0.982. The Balaban J connectivity index is 0.000000103. The summed E-state index contributed by atoms with van der Waals surface area (Å²) in [5.74, 6) is 9.02. The molecule has 0 aliphatic rings. The van der Waals surface area contributed by atoms with Crippen LogP contribution in [-0.4, -0.2) is 112 Å². The van der Waals surface area contributed by atoms with Crippen LogP contribution in [0.3, 0.4) is 0 Å². The van der Waals surface area contributed by atoms with Crippen molar-refractivity contribution in [2.75, 3.05) is 0 Å². The molecule has 0 unspecified atom stereocenters. The average molecular weight is 1850 g/mol. The number of allylic oxidation sites excluding steroid dienone is 1. The number of para-hydroxylation sites is 7. The van der Waals surface area contributed by atoms with Crippen molar-refractivity contribution in [2.45, 2.75) is 6.92 Å². The van der Waals surface area contributed by atoms with E-state index in [1.54, 1.807) is 31.0 Å². The summed E-state index contributed by atoms with van der Waals surface area (Å²) in [5.41, 5.74) is 20.3. The molecule has 0 saturated carbocycles. The van der Waals surface area contributed by atoms with Gasteiger partial charge in [0.15, 0.2) is 46.6 Å². The zero-order chi connectivity index (χ0) is 95.3. The molecule has 0 radical (unpaired) electrons. The van der Waals surface area contributed by atoms with E-state index in [1.165, 1.54) is 37.7 Å². The Bertz CT molecular complexity index is 8180. The van der Waals surface area contributed by atoms with Gasteiger partial charge in [-0.3, -0.25) is 42.4 Å². The number of nitrogens with zero attached hydrogens (tertiary/aromatic N) is 23. The Kier molecular flexibility index (Phi) is 23.0. The number of rotatable bonds is 17. The molecule has 15 heterocycles. The van der Waals surface area contributed by atoms with Crippen molar-refractivity contribution in [2.24, 2.45) is 0 Å². The minimum Gasteiger partial charge on any atom is -0.308 e. The van der Waals surface area contributed by atoms with E-state index in [4.69, 9.17) is 19.9 Å². The minimum absolute atomic E-state index is 0.616. The third kappa shape index (κ3) is 16.3. The monoisotopic (exact) mass is 1850 g/mol. The third-order valence-electron chi connectivity index (χ3n) is 25.3. The normalized spacial score (nSPS) is 11.4. The quantitative estimate of drug-likeness (QED) is 0.0824. The Hall–Kier alpha value is -20.1. The van der Waals surface area contributed by atoms with Gasteiger partial charge in [0, 0.05) is 113 Å². The third-order valence-corrected chi connectivity index (χ3v) is 25.3. The average Bonchev–Trinajstić information content (AvgIpc) is 1.61. The van der Waals surface area contributed by atoms with Crippen LogP contribution in [-0.2, 0) is 0 Å². The van der Waals surface area contributed by atoms with Crippen molar-refractivity contribution < 1.29 is 0 Å². The minimum atomic E-state index is 0.616. The van der Waals surface area contributed by atoms with Crippen LogP contribution in [0.1, 0.15) is 12.6 Å². The van der Waals surface area contributed by atoms with Gasteiger partial charge in [0.25, 0.3) is 0 Å². The molecule has 15 aromatic heterocycles. The number of benzene rings is 12. The molecule has 27 aromatic rings. The molecule has 0 N–H and O–H groups in total. The first-order valence-corrected chi connectivity index (χ1v) is 46.8. The molecule has 0 aliphatic carbocycles. The van der Waals surface area contributed by atoms with E-state index in [0.29, 0.717) is 23.2 Å². The van der Waals surface area contributed by atoms with E-state index < -0.39 is 0 Å². The summed E-state index contributed by atoms with van der Waals surface area (Å²) < 4.78 is 17.0. The first kappa shape index (κ1) is 85.8. The number of hydrogen-bond donors (Lipinski definition) is 0. The highest BCUT2D eigenvalue weighted by Crippen LogP contribution is 2.40. The highest BCUT2D eigenvalue weighted by Gasteiger charge is 2.26. The van der Waals surface area contributed by atoms with Crippen LogP contribution in [0.4, 0.5) is 0 Å². The Morgan fingerprint density at radius 2 is 0.483 bits per heavy atom. The molecule has 0 saturated heterocycles. The molecule has 27 rings (SSSR count). The van der Waals surface area contributed by atoms with Crippen molar-refractivity contribution in [3.05, 3.63) is 486 Å². The summed E-state index contributed by atoms with van der Waals surface area (Å²) in [4.78, 5) is 32.5. The molecular weight excluding hydrogens is 1760 g/mol. The van der Waals surface area contributed by atoms with E-state index in [9.17, 15) is 0 Å².